The molecule has 0 unspecified atom stereocenters. The minimum atomic E-state index is 0.963. The van der Waals surface area contributed by atoms with Gasteiger partial charge in [0.15, 0.2) is 0 Å². The van der Waals surface area contributed by atoms with Gasteiger partial charge in [-0.2, -0.15) is 0 Å². The van der Waals surface area contributed by atoms with Crippen molar-refractivity contribution in [2.75, 3.05) is 41.3 Å². The molecule has 0 spiro atoms. The predicted octanol–water partition coefficient (Wildman–Crippen LogP) is 3.09. The van der Waals surface area contributed by atoms with Gasteiger partial charge in [-0.1, -0.05) is 19.8 Å². The Balaban J connectivity index is 3.61. The van der Waals surface area contributed by atoms with Gasteiger partial charge in [0, 0.05) is 0 Å². The number of rotatable bonds is 10. The summed E-state index contributed by atoms with van der Waals surface area (Å²) in [5.74, 6) is 0.963. The van der Waals surface area contributed by atoms with Gasteiger partial charge in [0.2, 0.25) is 0 Å². The first-order chi connectivity index (χ1) is 7.56. The molecule has 0 rings (SSSR count). The third-order valence-electron chi connectivity index (χ3n) is 3.13. The first kappa shape index (κ1) is 15.9. The molecule has 0 saturated carbocycles. The summed E-state index contributed by atoms with van der Waals surface area (Å²) in [5, 5.41) is 0. The van der Waals surface area contributed by atoms with Gasteiger partial charge < -0.3 is 9.80 Å². The van der Waals surface area contributed by atoms with Crippen LogP contribution in [0.5, 0.6) is 0 Å². The highest BCUT2D eigenvalue weighted by atomic mass is 15.0. The molecule has 0 aliphatic heterocycles. The van der Waals surface area contributed by atoms with Crippen molar-refractivity contribution < 1.29 is 0 Å². The average molecular weight is 228 g/mol. The Bertz CT molecular complexity index is 130. The van der Waals surface area contributed by atoms with Crippen molar-refractivity contribution in [2.45, 2.75) is 45.4 Å². The minimum absolute atomic E-state index is 0.963. The van der Waals surface area contributed by atoms with E-state index in [0.717, 1.165) is 5.92 Å². The van der Waals surface area contributed by atoms with Gasteiger partial charge >= 0.3 is 0 Å². The molecule has 0 saturated heterocycles. The van der Waals surface area contributed by atoms with Crippen LogP contribution in [0.1, 0.15) is 45.4 Å². The molecule has 0 aliphatic rings. The normalized spacial score (nSPS) is 12.0. The zero-order valence-corrected chi connectivity index (χ0v) is 12.1. The number of hydrogen-bond donors (Lipinski definition) is 0. The first-order valence-corrected chi connectivity index (χ1v) is 6.85. The summed E-state index contributed by atoms with van der Waals surface area (Å²) in [6.45, 7) is 4.80. The third-order valence-corrected chi connectivity index (χ3v) is 3.13. The largest absolute Gasteiger partial charge is 0.309 e. The summed E-state index contributed by atoms with van der Waals surface area (Å²) in [5.41, 5.74) is 0. The predicted molar refractivity (Wildman–Crippen MR) is 74.0 cm³/mol. The topological polar surface area (TPSA) is 6.48 Å². The maximum Gasteiger partial charge on any atom is -0.00247 e. The Labute approximate surface area is 103 Å². The van der Waals surface area contributed by atoms with Gasteiger partial charge in [0.1, 0.15) is 0 Å². The lowest BCUT2D eigenvalue weighted by molar-refractivity contribution is 0.320. The molecular formula is C14H32N2. The van der Waals surface area contributed by atoms with Crippen LogP contribution in [0.2, 0.25) is 0 Å². The number of nitrogens with zero attached hydrogens (tertiary/aromatic N) is 2. The van der Waals surface area contributed by atoms with E-state index in [9.17, 15) is 0 Å². The quantitative estimate of drug-likeness (QED) is 0.567. The summed E-state index contributed by atoms with van der Waals surface area (Å²) in [4.78, 5) is 4.59. The van der Waals surface area contributed by atoms with Crippen LogP contribution >= 0.6 is 0 Å². The standard InChI is InChI=1S/C14H32N2/c1-6-9-14(10-7-12-15(2)3)11-8-13-16(4)5/h14H,6-13H2,1-5H3. The Kier molecular flexibility index (Phi) is 10.0. The van der Waals surface area contributed by atoms with Crippen LogP contribution in [0, 0.1) is 5.92 Å². The molecule has 0 aromatic heterocycles. The van der Waals surface area contributed by atoms with Crippen molar-refractivity contribution in [2.24, 2.45) is 5.92 Å². The molecule has 16 heavy (non-hydrogen) atoms. The van der Waals surface area contributed by atoms with Crippen molar-refractivity contribution in [3.05, 3.63) is 0 Å². The Hall–Kier alpha value is -0.0800. The molecule has 0 atom stereocenters. The highest BCUT2D eigenvalue weighted by Crippen LogP contribution is 2.19. The molecule has 2 heteroatoms. The summed E-state index contributed by atoms with van der Waals surface area (Å²) >= 11 is 0. The maximum atomic E-state index is 2.31. The van der Waals surface area contributed by atoms with E-state index in [4.69, 9.17) is 0 Å². The fraction of sp³-hybridized carbons (Fsp3) is 1.00. The molecule has 2 nitrogen and oxygen atoms in total. The molecule has 98 valence electrons. The summed E-state index contributed by atoms with van der Waals surface area (Å²) < 4.78 is 0. The van der Waals surface area contributed by atoms with E-state index in [1.165, 1.54) is 51.6 Å². The molecule has 0 aromatic rings. The average Bonchev–Trinajstić information content (AvgIpc) is 2.16. The smallest absolute Gasteiger partial charge is 0.00247 e. The molecule has 0 radical (unpaired) electrons. The van der Waals surface area contributed by atoms with Crippen molar-refractivity contribution in [3.63, 3.8) is 0 Å². The molecule has 0 aliphatic carbocycles. The van der Waals surface area contributed by atoms with Crippen molar-refractivity contribution in [1.29, 1.82) is 0 Å². The molecule has 0 amide bonds. The van der Waals surface area contributed by atoms with E-state index in [2.05, 4.69) is 44.9 Å². The van der Waals surface area contributed by atoms with E-state index in [1.807, 2.05) is 0 Å². The van der Waals surface area contributed by atoms with Gasteiger partial charge in [-0.05, 0) is 72.9 Å². The first-order valence-electron chi connectivity index (χ1n) is 6.85. The van der Waals surface area contributed by atoms with Gasteiger partial charge in [-0.25, -0.2) is 0 Å². The molecule has 0 N–H and O–H groups in total. The Morgan fingerprint density at radius 3 is 1.50 bits per heavy atom. The van der Waals surface area contributed by atoms with Gasteiger partial charge in [-0.15, -0.1) is 0 Å². The zero-order valence-electron chi connectivity index (χ0n) is 12.1. The van der Waals surface area contributed by atoms with Crippen LogP contribution in [0.3, 0.4) is 0 Å². The molecule has 0 fully saturated rings. The Morgan fingerprint density at radius 2 is 1.19 bits per heavy atom. The summed E-state index contributed by atoms with van der Waals surface area (Å²) in [6.07, 6.45) is 8.31. The summed E-state index contributed by atoms with van der Waals surface area (Å²) in [7, 11) is 8.67. The second-order valence-electron chi connectivity index (χ2n) is 5.55. The maximum absolute atomic E-state index is 2.31. The van der Waals surface area contributed by atoms with Gasteiger partial charge in [0.05, 0.1) is 0 Å². The fourth-order valence-corrected chi connectivity index (χ4v) is 2.23. The van der Waals surface area contributed by atoms with E-state index in [0.29, 0.717) is 0 Å². The highest BCUT2D eigenvalue weighted by Gasteiger charge is 2.07. The van der Waals surface area contributed by atoms with Crippen molar-refractivity contribution in [3.8, 4) is 0 Å². The van der Waals surface area contributed by atoms with E-state index in [1.54, 1.807) is 0 Å². The van der Waals surface area contributed by atoms with Crippen LogP contribution in [0.15, 0.2) is 0 Å². The lowest BCUT2D eigenvalue weighted by Crippen LogP contribution is -2.16. The van der Waals surface area contributed by atoms with E-state index >= 15 is 0 Å². The zero-order chi connectivity index (χ0) is 12.4. The van der Waals surface area contributed by atoms with Crippen LogP contribution in [0.4, 0.5) is 0 Å². The Morgan fingerprint density at radius 1 is 0.750 bits per heavy atom. The van der Waals surface area contributed by atoms with Crippen LogP contribution in [-0.4, -0.2) is 51.1 Å². The second kappa shape index (κ2) is 10.1. The van der Waals surface area contributed by atoms with Crippen LogP contribution in [0.25, 0.3) is 0 Å². The molecule has 0 heterocycles. The molecule has 0 aromatic carbocycles. The summed E-state index contributed by atoms with van der Waals surface area (Å²) in [6, 6.07) is 0. The number of hydrogen-bond acceptors (Lipinski definition) is 2. The SMILES string of the molecule is CCCC(CCCN(C)C)CCCN(C)C. The van der Waals surface area contributed by atoms with Crippen LogP contribution < -0.4 is 0 Å². The van der Waals surface area contributed by atoms with Gasteiger partial charge in [-0.3, -0.25) is 0 Å². The fourth-order valence-electron chi connectivity index (χ4n) is 2.23. The van der Waals surface area contributed by atoms with Crippen LogP contribution in [-0.2, 0) is 0 Å². The van der Waals surface area contributed by atoms with Gasteiger partial charge in [0.25, 0.3) is 0 Å². The highest BCUT2D eigenvalue weighted by molar-refractivity contribution is 4.61. The monoisotopic (exact) mass is 228 g/mol. The third kappa shape index (κ3) is 10.4. The lowest BCUT2D eigenvalue weighted by atomic mass is 9.93. The second-order valence-corrected chi connectivity index (χ2v) is 5.55. The van der Waals surface area contributed by atoms with E-state index in [-0.39, 0.29) is 0 Å². The lowest BCUT2D eigenvalue weighted by Gasteiger charge is -2.18. The van der Waals surface area contributed by atoms with Crippen molar-refractivity contribution >= 4 is 0 Å². The molecular weight excluding hydrogens is 196 g/mol. The minimum Gasteiger partial charge on any atom is -0.309 e. The molecule has 0 bridgehead atoms. The van der Waals surface area contributed by atoms with E-state index < -0.39 is 0 Å². The van der Waals surface area contributed by atoms with Crippen molar-refractivity contribution in [1.82, 2.24) is 9.80 Å².